The van der Waals surface area contributed by atoms with E-state index >= 15 is 0 Å². The summed E-state index contributed by atoms with van der Waals surface area (Å²) in [5.41, 5.74) is 0. The van der Waals surface area contributed by atoms with Crippen LogP contribution in [0.1, 0.15) is 55.0 Å². The van der Waals surface area contributed by atoms with E-state index in [1.807, 2.05) is 6.07 Å². The van der Waals surface area contributed by atoms with Crippen LogP contribution < -0.4 is 0 Å². The molecule has 2 unspecified atom stereocenters. The molecule has 0 spiro atoms. The second kappa shape index (κ2) is 5.21. The van der Waals surface area contributed by atoms with Gasteiger partial charge in [0.1, 0.15) is 11.5 Å². The monoisotopic (exact) mass is 303 g/mol. The van der Waals surface area contributed by atoms with Gasteiger partial charge in [-0.25, -0.2) is 0 Å². The molecule has 6 nitrogen and oxygen atoms in total. The van der Waals surface area contributed by atoms with Crippen LogP contribution in [0, 0.1) is 12.8 Å². The zero-order valence-electron chi connectivity index (χ0n) is 12.9. The molecule has 1 aliphatic heterocycles. The highest BCUT2D eigenvalue weighted by Gasteiger charge is 2.38. The number of likely N-dealkylation sites (tertiary alicyclic amines) is 1. The third-order valence-corrected chi connectivity index (χ3v) is 4.73. The molecule has 0 amide bonds. The van der Waals surface area contributed by atoms with Crippen LogP contribution in [0.4, 0.5) is 0 Å². The highest BCUT2D eigenvalue weighted by Crippen LogP contribution is 2.47. The highest BCUT2D eigenvalue weighted by atomic mass is 16.5. The van der Waals surface area contributed by atoms with Crippen LogP contribution in [0.2, 0.25) is 0 Å². The van der Waals surface area contributed by atoms with Gasteiger partial charge in [-0.05, 0) is 37.8 Å². The Labute approximate surface area is 129 Å². The maximum absolute atomic E-state index is 9.99. The number of aryl methyl sites for hydroxylation is 1. The van der Waals surface area contributed by atoms with Gasteiger partial charge in [0.15, 0.2) is 5.82 Å². The number of nitrogens with zero attached hydrogens (tertiary/aromatic N) is 3. The summed E-state index contributed by atoms with van der Waals surface area (Å²) in [4.78, 5) is 6.46. The largest absolute Gasteiger partial charge is 0.464 e. The van der Waals surface area contributed by atoms with E-state index < -0.39 is 0 Å². The van der Waals surface area contributed by atoms with Crippen LogP contribution in [0.25, 0.3) is 0 Å². The molecular weight excluding hydrogens is 282 g/mol. The van der Waals surface area contributed by atoms with Crippen molar-refractivity contribution in [2.75, 3.05) is 6.54 Å². The van der Waals surface area contributed by atoms with Crippen LogP contribution in [0.5, 0.6) is 0 Å². The summed E-state index contributed by atoms with van der Waals surface area (Å²) in [6, 6.07) is 4.09. The number of β-amino-alcohol motifs (C(OH)–C–C–N with tert-alkyl or cyclic N) is 1. The maximum atomic E-state index is 9.99. The predicted octanol–water partition coefficient (Wildman–Crippen LogP) is 2.40. The minimum atomic E-state index is -0.366. The van der Waals surface area contributed by atoms with Crippen molar-refractivity contribution in [2.45, 2.75) is 51.3 Å². The lowest BCUT2D eigenvalue weighted by molar-refractivity contribution is 0.162. The molecule has 4 rings (SSSR count). The molecule has 6 heteroatoms. The number of aliphatic hydroxyl groups is 1. The first-order chi connectivity index (χ1) is 10.6. The van der Waals surface area contributed by atoms with Crippen LogP contribution in [0.3, 0.4) is 0 Å². The second-order valence-corrected chi connectivity index (χ2v) is 6.64. The van der Waals surface area contributed by atoms with Crippen molar-refractivity contribution in [1.29, 1.82) is 0 Å². The van der Waals surface area contributed by atoms with E-state index in [2.05, 4.69) is 28.0 Å². The summed E-state index contributed by atoms with van der Waals surface area (Å²) >= 11 is 0. The quantitative estimate of drug-likeness (QED) is 0.934. The van der Waals surface area contributed by atoms with E-state index in [9.17, 15) is 5.11 Å². The summed E-state index contributed by atoms with van der Waals surface area (Å²) in [6.07, 6.45) is 1.48. The minimum Gasteiger partial charge on any atom is -0.464 e. The second-order valence-electron chi connectivity index (χ2n) is 6.64. The fourth-order valence-corrected chi connectivity index (χ4v) is 3.36. The van der Waals surface area contributed by atoms with Crippen LogP contribution >= 0.6 is 0 Å². The Morgan fingerprint density at radius 3 is 2.86 bits per heavy atom. The summed E-state index contributed by atoms with van der Waals surface area (Å²) in [7, 11) is 0. The number of hydrogen-bond acceptors (Lipinski definition) is 6. The molecule has 2 aromatic heterocycles. The van der Waals surface area contributed by atoms with Gasteiger partial charge in [-0.3, -0.25) is 4.90 Å². The molecule has 22 heavy (non-hydrogen) atoms. The average Bonchev–Trinajstić information content (AvgIpc) is 2.89. The molecule has 1 saturated carbocycles. The van der Waals surface area contributed by atoms with E-state index in [0.717, 1.165) is 17.4 Å². The zero-order chi connectivity index (χ0) is 15.3. The van der Waals surface area contributed by atoms with Gasteiger partial charge < -0.3 is 14.0 Å². The van der Waals surface area contributed by atoms with Gasteiger partial charge in [0.2, 0.25) is 5.89 Å². The van der Waals surface area contributed by atoms with Crippen molar-refractivity contribution in [2.24, 2.45) is 5.92 Å². The first-order valence-corrected chi connectivity index (χ1v) is 7.91. The lowest BCUT2D eigenvalue weighted by Crippen LogP contribution is -2.24. The Morgan fingerprint density at radius 1 is 1.36 bits per heavy atom. The molecule has 2 aliphatic rings. The standard InChI is InChI=1S/C16H21N3O3/c1-9-5-13(9)15-4-3-12(21-15)8-19-7-11(20)6-14(19)16-17-10(2)18-22-16/h3-4,9,11,13-14,20H,5-8H2,1-2H3/t9?,11-,13?,14-/m1/s1. The molecule has 4 atom stereocenters. The first kappa shape index (κ1) is 14.0. The number of rotatable bonds is 4. The van der Waals surface area contributed by atoms with Gasteiger partial charge in [-0.2, -0.15) is 4.98 Å². The van der Waals surface area contributed by atoms with Gasteiger partial charge in [0.25, 0.3) is 0 Å². The van der Waals surface area contributed by atoms with Gasteiger partial charge in [-0.15, -0.1) is 0 Å². The van der Waals surface area contributed by atoms with Crippen molar-refractivity contribution in [3.05, 3.63) is 35.4 Å². The molecule has 0 radical (unpaired) electrons. The molecule has 118 valence electrons. The molecule has 0 bridgehead atoms. The molecule has 1 N–H and O–H groups in total. The summed E-state index contributed by atoms with van der Waals surface area (Å²) in [5, 5.41) is 13.8. The van der Waals surface area contributed by atoms with E-state index in [4.69, 9.17) is 8.94 Å². The predicted molar refractivity (Wildman–Crippen MR) is 78.0 cm³/mol. The normalized spacial score (nSPS) is 31.8. The third kappa shape index (κ3) is 2.57. The molecular formula is C16H21N3O3. The summed E-state index contributed by atoms with van der Waals surface area (Å²) < 4.78 is 11.3. The minimum absolute atomic E-state index is 0.0374. The summed E-state index contributed by atoms with van der Waals surface area (Å²) in [5.74, 6) is 4.56. The molecule has 0 aromatic carbocycles. The maximum Gasteiger partial charge on any atom is 0.244 e. The topological polar surface area (TPSA) is 75.5 Å². The van der Waals surface area contributed by atoms with E-state index in [1.165, 1.54) is 6.42 Å². The number of furan rings is 1. The van der Waals surface area contributed by atoms with Crippen molar-refractivity contribution in [3.8, 4) is 0 Å². The molecule has 2 fully saturated rings. The van der Waals surface area contributed by atoms with Gasteiger partial charge in [0, 0.05) is 12.5 Å². The fraction of sp³-hybridized carbons (Fsp3) is 0.625. The van der Waals surface area contributed by atoms with Gasteiger partial charge in [0.05, 0.1) is 18.7 Å². The number of aliphatic hydroxyl groups excluding tert-OH is 1. The van der Waals surface area contributed by atoms with Crippen molar-refractivity contribution in [3.63, 3.8) is 0 Å². The van der Waals surface area contributed by atoms with Crippen LogP contribution in [-0.2, 0) is 6.54 Å². The third-order valence-electron chi connectivity index (χ3n) is 4.73. The van der Waals surface area contributed by atoms with Crippen LogP contribution in [0.15, 0.2) is 21.1 Å². The first-order valence-electron chi connectivity index (χ1n) is 7.91. The van der Waals surface area contributed by atoms with Crippen molar-refractivity contribution < 1.29 is 14.0 Å². The Hall–Kier alpha value is -1.66. The molecule has 1 aliphatic carbocycles. The van der Waals surface area contributed by atoms with E-state index in [-0.39, 0.29) is 12.1 Å². The van der Waals surface area contributed by atoms with Gasteiger partial charge in [-0.1, -0.05) is 12.1 Å². The fourth-order valence-electron chi connectivity index (χ4n) is 3.36. The van der Waals surface area contributed by atoms with Gasteiger partial charge >= 0.3 is 0 Å². The average molecular weight is 303 g/mol. The molecule has 2 aromatic rings. The Kier molecular flexibility index (Phi) is 3.31. The van der Waals surface area contributed by atoms with E-state index in [0.29, 0.717) is 37.1 Å². The Balaban J connectivity index is 1.49. The Bertz CT molecular complexity index is 665. The van der Waals surface area contributed by atoms with E-state index in [1.54, 1.807) is 6.92 Å². The van der Waals surface area contributed by atoms with Crippen molar-refractivity contribution >= 4 is 0 Å². The number of aromatic nitrogens is 2. The SMILES string of the molecule is Cc1noc([C@H]2C[C@@H](O)CN2Cc2ccc(C3CC3C)o2)n1. The molecule has 3 heterocycles. The lowest BCUT2D eigenvalue weighted by atomic mass is 10.2. The Morgan fingerprint density at radius 2 is 2.18 bits per heavy atom. The lowest BCUT2D eigenvalue weighted by Gasteiger charge is -2.19. The molecule has 1 saturated heterocycles. The zero-order valence-corrected chi connectivity index (χ0v) is 12.9. The highest BCUT2D eigenvalue weighted by molar-refractivity contribution is 5.18. The smallest absolute Gasteiger partial charge is 0.244 e. The summed E-state index contributed by atoms with van der Waals surface area (Å²) in [6.45, 7) is 5.31. The van der Waals surface area contributed by atoms with Crippen molar-refractivity contribution in [1.82, 2.24) is 15.0 Å². The number of hydrogen-bond donors (Lipinski definition) is 1. The van der Waals surface area contributed by atoms with Crippen LogP contribution in [-0.4, -0.2) is 32.8 Å².